The zero-order valence-corrected chi connectivity index (χ0v) is 12.5. The zero-order valence-electron chi connectivity index (χ0n) is 12.5. The molecule has 0 fully saturated rings. The van der Waals surface area contributed by atoms with Crippen molar-refractivity contribution in [3.63, 3.8) is 0 Å². The molecule has 22 heavy (non-hydrogen) atoms. The fourth-order valence-electron chi connectivity index (χ4n) is 2.12. The molecule has 5 heteroatoms. The Morgan fingerprint density at radius 2 is 1.82 bits per heavy atom. The minimum atomic E-state index is -0.600. The minimum Gasteiger partial charge on any atom is -0.374 e. The third-order valence-corrected chi connectivity index (χ3v) is 3.22. The standard InChI is InChI=1S/C17H18F2N2O/c1-11(2)13-5-3-4-6-15(13)21-17(22)10-20-16-9-12(18)7-8-14(16)19/h3-9,11,20H,10H2,1-2H3,(H,21,22). The monoisotopic (exact) mass is 304 g/mol. The second-order valence-corrected chi connectivity index (χ2v) is 5.27. The summed E-state index contributed by atoms with van der Waals surface area (Å²) < 4.78 is 26.5. The van der Waals surface area contributed by atoms with Gasteiger partial charge in [0.05, 0.1) is 12.2 Å². The lowest BCUT2D eigenvalue weighted by molar-refractivity contribution is -0.114. The lowest BCUT2D eigenvalue weighted by atomic mass is 10.0. The van der Waals surface area contributed by atoms with Crippen LogP contribution in [0.2, 0.25) is 0 Å². The van der Waals surface area contributed by atoms with Gasteiger partial charge in [-0.1, -0.05) is 32.0 Å². The van der Waals surface area contributed by atoms with Gasteiger partial charge in [0.25, 0.3) is 0 Å². The van der Waals surface area contributed by atoms with Crippen LogP contribution in [0.1, 0.15) is 25.3 Å². The van der Waals surface area contributed by atoms with Crippen LogP contribution in [0.4, 0.5) is 20.2 Å². The average Bonchev–Trinajstić information content (AvgIpc) is 2.48. The highest BCUT2D eigenvalue weighted by atomic mass is 19.1. The van der Waals surface area contributed by atoms with E-state index in [1.54, 1.807) is 0 Å². The summed E-state index contributed by atoms with van der Waals surface area (Å²) in [4.78, 5) is 12.0. The maximum atomic E-state index is 13.5. The van der Waals surface area contributed by atoms with Gasteiger partial charge in [0, 0.05) is 5.69 Å². The summed E-state index contributed by atoms with van der Waals surface area (Å²) in [6, 6.07) is 10.6. The van der Waals surface area contributed by atoms with E-state index in [0.717, 1.165) is 29.4 Å². The van der Waals surface area contributed by atoms with Crippen molar-refractivity contribution >= 4 is 17.3 Å². The number of carbonyl (C=O) groups excluding carboxylic acids is 1. The molecule has 0 bridgehead atoms. The average molecular weight is 304 g/mol. The number of amides is 1. The van der Waals surface area contributed by atoms with Crippen LogP contribution in [-0.4, -0.2) is 12.5 Å². The second kappa shape index (κ2) is 7.02. The quantitative estimate of drug-likeness (QED) is 0.871. The minimum absolute atomic E-state index is 0.0349. The number of hydrogen-bond donors (Lipinski definition) is 2. The van der Waals surface area contributed by atoms with Crippen LogP contribution in [0.3, 0.4) is 0 Å². The van der Waals surface area contributed by atoms with Crippen molar-refractivity contribution in [2.75, 3.05) is 17.2 Å². The molecule has 2 aromatic rings. The van der Waals surface area contributed by atoms with Gasteiger partial charge in [-0.2, -0.15) is 0 Å². The molecule has 2 rings (SSSR count). The van der Waals surface area contributed by atoms with E-state index >= 15 is 0 Å². The van der Waals surface area contributed by atoms with Crippen LogP contribution in [0.25, 0.3) is 0 Å². The molecular formula is C17H18F2N2O. The van der Waals surface area contributed by atoms with Crippen LogP contribution in [-0.2, 0) is 4.79 Å². The Labute approximate surface area is 128 Å². The maximum absolute atomic E-state index is 13.5. The Kier molecular flexibility index (Phi) is 5.09. The van der Waals surface area contributed by atoms with Crippen LogP contribution in [0.15, 0.2) is 42.5 Å². The molecule has 3 nitrogen and oxygen atoms in total. The first-order chi connectivity index (χ1) is 10.5. The van der Waals surface area contributed by atoms with Crippen molar-refractivity contribution in [3.05, 3.63) is 59.7 Å². The van der Waals surface area contributed by atoms with E-state index in [4.69, 9.17) is 0 Å². The number of para-hydroxylation sites is 1. The first kappa shape index (κ1) is 15.9. The van der Waals surface area contributed by atoms with E-state index in [1.165, 1.54) is 0 Å². The molecule has 2 aromatic carbocycles. The predicted octanol–water partition coefficient (Wildman–Crippen LogP) is 4.14. The predicted molar refractivity (Wildman–Crippen MR) is 84.0 cm³/mol. The maximum Gasteiger partial charge on any atom is 0.243 e. The van der Waals surface area contributed by atoms with Gasteiger partial charge in [-0.05, 0) is 35.7 Å². The lowest BCUT2D eigenvalue weighted by Crippen LogP contribution is -2.23. The highest BCUT2D eigenvalue weighted by Crippen LogP contribution is 2.23. The molecule has 0 aliphatic rings. The molecular weight excluding hydrogens is 286 g/mol. The molecule has 0 spiro atoms. The van der Waals surface area contributed by atoms with Crippen LogP contribution < -0.4 is 10.6 Å². The molecule has 0 heterocycles. The third kappa shape index (κ3) is 4.04. The van der Waals surface area contributed by atoms with Crippen molar-refractivity contribution in [2.45, 2.75) is 19.8 Å². The number of halogens is 2. The van der Waals surface area contributed by atoms with Gasteiger partial charge < -0.3 is 10.6 Å². The summed E-state index contributed by atoms with van der Waals surface area (Å²) in [5, 5.41) is 5.37. The van der Waals surface area contributed by atoms with Crippen molar-refractivity contribution in [2.24, 2.45) is 0 Å². The van der Waals surface area contributed by atoms with Gasteiger partial charge in [-0.3, -0.25) is 4.79 Å². The Morgan fingerprint density at radius 1 is 1.09 bits per heavy atom. The third-order valence-electron chi connectivity index (χ3n) is 3.22. The van der Waals surface area contributed by atoms with Crippen LogP contribution in [0, 0.1) is 11.6 Å². The summed E-state index contributed by atoms with van der Waals surface area (Å²) in [5.74, 6) is -1.21. The number of nitrogens with one attached hydrogen (secondary N) is 2. The normalized spacial score (nSPS) is 10.6. The topological polar surface area (TPSA) is 41.1 Å². The van der Waals surface area contributed by atoms with Gasteiger partial charge in [0.1, 0.15) is 11.6 Å². The molecule has 116 valence electrons. The molecule has 0 aromatic heterocycles. The van der Waals surface area contributed by atoms with Crippen molar-refractivity contribution < 1.29 is 13.6 Å². The summed E-state index contributed by atoms with van der Waals surface area (Å²) in [7, 11) is 0. The van der Waals surface area contributed by atoms with E-state index < -0.39 is 11.6 Å². The molecule has 0 radical (unpaired) electrons. The van der Waals surface area contributed by atoms with Crippen molar-refractivity contribution in [1.82, 2.24) is 0 Å². The van der Waals surface area contributed by atoms with Gasteiger partial charge in [-0.25, -0.2) is 8.78 Å². The molecule has 1 amide bonds. The first-order valence-electron chi connectivity index (χ1n) is 7.05. The number of carbonyl (C=O) groups is 1. The molecule has 0 aliphatic carbocycles. The number of hydrogen-bond acceptors (Lipinski definition) is 2. The van der Waals surface area contributed by atoms with Crippen molar-refractivity contribution in [3.8, 4) is 0 Å². The number of benzene rings is 2. The summed E-state index contributed by atoms with van der Waals surface area (Å²) in [5.41, 5.74) is 1.71. The Bertz CT molecular complexity index is 671. The zero-order chi connectivity index (χ0) is 16.1. The second-order valence-electron chi connectivity index (χ2n) is 5.27. The number of anilines is 2. The van der Waals surface area contributed by atoms with E-state index in [2.05, 4.69) is 10.6 Å². The van der Waals surface area contributed by atoms with Crippen LogP contribution >= 0.6 is 0 Å². The van der Waals surface area contributed by atoms with E-state index in [1.807, 2.05) is 38.1 Å². The Hall–Kier alpha value is -2.43. The van der Waals surface area contributed by atoms with Gasteiger partial charge in [-0.15, -0.1) is 0 Å². The van der Waals surface area contributed by atoms with E-state index in [0.29, 0.717) is 0 Å². The summed E-state index contributed by atoms with van der Waals surface area (Å²) >= 11 is 0. The molecule has 0 aliphatic heterocycles. The Morgan fingerprint density at radius 3 is 2.55 bits per heavy atom. The van der Waals surface area contributed by atoms with Gasteiger partial charge in [0.15, 0.2) is 0 Å². The van der Waals surface area contributed by atoms with Gasteiger partial charge in [0.2, 0.25) is 5.91 Å². The van der Waals surface area contributed by atoms with Crippen LogP contribution in [0.5, 0.6) is 0 Å². The smallest absolute Gasteiger partial charge is 0.243 e. The fourth-order valence-corrected chi connectivity index (χ4v) is 2.12. The van der Waals surface area contributed by atoms with Gasteiger partial charge >= 0.3 is 0 Å². The molecule has 2 N–H and O–H groups in total. The number of rotatable bonds is 5. The highest BCUT2D eigenvalue weighted by molar-refractivity contribution is 5.94. The summed E-state index contributed by atoms with van der Waals surface area (Å²) in [6.07, 6.45) is 0. The molecule has 0 atom stereocenters. The molecule has 0 unspecified atom stereocenters. The molecule has 0 saturated heterocycles. The fraction of sp³-hybridized carbons (Fsp3) is 0.235. The SMILES string of the molecule is CC(C)c1ccccc1NC(=O)CNc1cc(F)ccc1F. The van der Waals surface area contributed by atoms with Crippen molar-refractivity contribution in [1.29, 1.82) is 0 Å². The summed E-state index contributed by atoms with van der Waals surface area (Å²) in [6.45, 7) is 3.92. The lowest BCUT2D eigenvalue weighted by Gasteiger charge is -2.14. The van der Waals surface area contributed by atoms with E-state index in [-0.39, 0.29) is 24.1 Å². The Balaban J connectivity index is 2.01. The largest absolute Gasteiger partial charge is 0.374 e. The molecule has 0 saturated carbocycles. The first-order valence-corrected chi connectivity index (χ1v) is 7.05. The highest BCUT2D eigenvalue weighted by Gasteiger charge is 2.10. The van der Waals surface area contributed by atoms with E-state index in [9.17, 15) is 13.6 Å².